The Morgan fingerprint density at radius 1 is 1.48 bits per heavy atom. The average molecular weight is 323 g/mol. The second-order valence-corrected chi connectivity index (χ2v) is 5.89. The molecule has 2 aliphatic rings. The molecule has 0 aliphatic carbocycles. The molecule has 0 saturated carbocycles. The van der Waals surface area contributed by atoms with Crippen LogP contribution in [0.25, 0.3) is 0 Å². The Kier molecular flexibility index (Phi) is 5.07. The third-order valence-electron chi connectivity index (χ3n) is 4.38. The molecule has 3 heterocycles. The second kappa shape index (κ2) is 7.23. The zero-order chi connectivity index (χ0) is 16.2. The number of carbonyl (C=O) groups excluding carboxylic acids is 1. The normalized spacial score (nSPS) is 25.6. The van der Waals surface area contributed by atoms with Gasteiger partial charge >= 0.3 is 0 Å². The van der Waals surface area contributed by atoms with Crippen LogP contribution in [0.4, 0.5) is 4.39 Å². The fraction of sp³-hybridized carbons (Fsp3) is 0.625. The fourth-order valence-corrected chi connectivity index (χ4v) is 3.22. The van der Waals surface area contributed by atoms with Gasteiger partial charge in [0.05, 0.1) is 26.4 Å². The lowest BCUT2D eigenvalue weighted by atomic mass is 10.1. The first-order chi connectivity index (χ1) is 11.2. The van der Waals surface area contributed by atoms with E-state index in [9.17, 15) is 9.18 Å². The minimum absolute atomic E-state index is 0.00342. The quantitative estimate of drug-likeness (QED) is 0.823. The van der Waals surface area contributed by atoms with Crippen molar-refractivity contribution in [3.8, 4) is 5.88 Å². The third-order valence-corrected chi connectivity index (χ3v) is 4.38. The second-order valence-electron chi connectivity index (χ2n) is 5.89. The number of likely N-dealkylation sites (tertiary alicyclic amines) is 1. The third kappa shape index (κ3) is 3.61. The van der Waals surface area contributed by atoms with Crippen molar-refractivity contribution in [3.63, 3.8) is 0 Å². The lowest BCUT2D eigenvalue weighted by Crippen LogP contribution is -2.49. The number of aromatic nitrogens is 1. The van der Waals surface area contributed by atoms with E-state index in [0.717, 1.165) is 5.56 Å². The standard InChI is InChI=1S/C16H22FN3O3/c1-22-15-12(3-2-4-18-15)10-20-11-13(17)9-14(20)16(21)19-5-7-23-8-6-19/h2-4,13-14H,5-11H2,1H3/t13-,14+/m1/s1. The molecular formula is C16H22FN3O3. The number of rotatable bonds is 4. The lowest BCUT2D eigenvalue weighted by molar-refractivity contribution is -0.140. The summed E-state index contributed by atoms with van der Waals surface area (Å²) in [6.07, 6.45) is 0.923. The maximum Gasteiger partial charge on any atom is 0.240 e. The maximum absolute atomic E-state index is 14.0. The van der Waals surface area contributed by atoms with E-state index >= 15 is 0 Å². The fourth-order valence-electron chi connectivity index (χ4n) is 3.22. The number of hydrogen-bond donors (Lipinski definition) is 0. The first-order valence-electron chi connectivity index (χ1n) is 7.91. The van der Waals surface area contributed by atoms with Crippen molar-refractivity contribution in [2.45, 2.75) is 25.2 Å². The Balaban J connectivity index is 1.73. The molecule has 2 atom stereocenters. The monoisotopic (exact) mass is 323 g/mol. The molecular weight excluding hydrogens is 301 g/mol. The van der Waals surface area contributed by atoms with Crippen molar-refractivity contribution in [1.29, 1.82) is 0 Å². The van der Waals surface area contributed by atoms with Crippen LogP contribution in [0.5, 0.6) is 5.88 Å². The first-order valence-corrected chi connectivity index (χ1v) is 7.91. The van der Waals surface area contributed by atoms with Crippen molar-refractivity contribution in [3.05, 3.63) is 23.9 Å². The van der Waals surface area contributed by atoms with E-state index in [1.54, 1.807) is 18.2 Å². The molecule has 0 bridgehead atoms. The van der Waals surface area contributed by atoms with Crippen molar-refractivity contribution < 1.29 is 18.7 Å². The summed E-state index contributed by atoms with van der Waals surface area (Å²) in [5, 5.41) is 0. The van der Waals surface area contributed by atoms with E-state index < -0.39 is 12.2 Å². The molecule has 1 aromatic rings. The molecule has 2 saturated heterocycles. The van der Waals surface area contributed by atoms with Gasteiger partial charge in [0.2, 0.25) is 11.8 Å². The van der Waals surface area contributed by atoms with Crippen LogP contribution in [0.15, 0.2) is 18.3 Å². The average Bonchev–Trinajstić information content (AvgIpc) is 2.96. The summed E-state index contributed by atoms with van der Waals surface area (Å²) in [5.41, 5.74) is 0.865. The molecule has 0 N–H and O–H groups in total. The number of ether oxygens (including phenoxy) is 2. The zero-order valence-corrected chi connectivity index (χ0v) is 13.3. The van der Waals surface area contributed by atoms with Gasteiger partial charge in [0.1, 0.15) is 6.17 Å². The Hall–Kier alpha value is -1.73. The van der Waals surface area contributed by atoms with Gasteiger partial charge in [-0.05, 0) is 6.07 Å². The molecule has 6 nitrogen and oxygen atoms in total. The van der Waals surface area contributed by atoms with E-state index in [-0.39, 0.29) is 18.9 Å². The topological polar surface area (TPSA) is 54.9 Å². The number of hydrogen-bond acceptors (Lipinski definition) is 5. The summed E-state index contributed by atoms with van der Waals surface area (Å²) in [4.78, 5) is 20.5. The molecule has 126 valence electrons. The van der Waals surface area contributed by atoms with Gasteiger partial charge in [-0.1, -0.05) is 6.07 Å². The van der Waals surface area contributed by atoms with E-state index in [1.807, 2.05) is 17.0 Å². The molecule has 0 spiro atoms. The number of alkyl halides is 1. The molecule has 0 radical (unpaired) electrons. The zero-order valence-electron chi connectivity index (χ0n) is 13.3. The van der Waals surface area contributed by atoms with Crippen LogP contribution >= 0.6 is 0 Å². The summed E-state index contributed by atoms with van der Waals surface area (Å²) in [7, 11) is 1.56. The van der Waals surface area contributed by atoms with Gasteiger partial charge in [-0.25, -0.2) is 9.37 Å². The van der Waals surface area contributed by atoms with Crippen LogP contribution in [0, 0.1) is 0 Å². The number of methoxy groups -OCH3 is 1. The van der Waals surface area contributed by atoms with E-state index in [4.69, 9.17) is 9.47 Å². The van der Waals surface area contributed by atoms with Crippen LogP contribution in [-0.2, 0) is 16.1 Å². The van der Waals surface area contributed by atoms with Crippen LogP contribution in [-0.4, -0.2) is 72.9 Å². The molecule has 2 fully saturated rings. The summed E-state index contributed by atoms with van der Waals surface area (Å²) in [5.74, 6) is 0.517. The highest BCUT2D eigenvalue weighted by Gasteiger charge is 2.39. The Morgan fingerprint density at radius 3 is 3.00 bits per heavy atom. The molecule has 3 rings (SSSR count). The Bertz CT molecular complexity index is 551. The van der Waals surface area contributed by atoms with Crippen molar-refractivity contribution in [2.24, 2.45) is 0 Å². The molecule has 7 heteroatoms. The predicted octanol–water partition coefficient (Wildman–Crippen LogP) is 0.861. The number of nitrogens with zero attached hydrogens (tertiary/aromatic N) is 3. The highest BCUT2D eigenvalue weighted by Crippen LogP contribution is 2.26. The van der Waals surface area contributed by atoms with Crippen LogP contribution < -0.4 is 4.74 Å². The largest absolute Gasteiger partial charge is 0.481 e. The molecule has 1 amide bonds. The highest BCUT2D eigenvalue weighted by molar-refractivity contribution is 5.82. The minimum atomic E-state index is -0.979. The van der Waals surface area contributed by atoms with E-state index in [1.165, 1.54) is 0 Å². The van der Waals surface area contributed by atoms with Crippen molar-refractivity contribution in [2.75, 3.05) is 40.0 Å². The minimum Gasteiger partial charge on any atom is -0.481 e. The van der Waals surface area contributed by atoms with Gasteiger partial charge in [-0.3, -0.25) is 9.69 Å². The lowest BCUT2D eigenvalue weighted by Gasteiger charge is -2.32. The summed E-state index contributed by atoms with van der Waals surface area (Å²) in [6.45, 7) is 2.98. The predicted molar refractivity (Wildman–Crippen MR) is 81.9 cm³/mol. The van der Waals surface area contributed by atoms with Crippen molar-refractivity contribution >= 4 is 5.91 Å². The molecule has 0 aromatic carbocycles. The van der Waals surface area contributed by atoms with Crippen molar-refractivity contribution in [1.82, 2.24) is 14.8 Å². The van der Waals surface area contributed by atoms with Crippen LogP contribution in [0.3, 0.4) is 0 Å². The SMILES string of the molecule is COc1ncccc1CN1C[C@H](F)C[C@H]1C(=O)N1CCOCC1. The highest BCUT2D eigenvalue weighted by atomic mass is 19.1. The maximum atomic E-state index is 14.0. The summed E-state index contributed by atoms with van der Waals surface area (Å²) in [6, 6.07) is 3.29. The molecule has 1 aromatic heterocycles. The molecule has 2 aliphatic heterocycles. The number of halogens is 1. The van der Waals surface area contributed by atoms with Gasteiger partial charge in [-0.2, -0.15) is 0 Å². The molecule has 23 heavy (non-hydrogen) atoms. The smallest absolute Gasteiger partial charge is 0.240 e. The number of morpholine rings is 1. The number of amides is 1. The number of pyridine rings is 1. The Labute approximate surface area is 135 Å². The van der Waals surface area contributed by atoms with Gasteiger partial charge in [-0.15, -0.1) is 0 Å². The van der Waals surface area contributed by atoms with Crippen LogP contribution in [0.1, 0.15) is 12.0 Å². The van der Waals surface area contributed by atoms with Gasteiger partial charge in [0, 0.05) is 44.4 Å². The summed E-state index contributed by atoms with van der Waals surface area (Å²) < 4.78 is 24.5. The van der Waals surface area contributed by atoms with Gasteiger partial charge in [0.15, 0.2) is 0 Å². The summed E-state index contributed by atoms with van der Waals surface area (Å²) >= 11 is 0. The van der Waals surface area contributed by atoms with E-state index in [2.05, 4.69) is 4.98 Å². The van der Waals surface area contributed by atoms with Gasteiger partial charge in [0.25, 0.3) is 0 Å². The van der Waals surface area contributed by atoms with Gasteiger partial charge < -0.3 is 14.4 Å². The van der Waals surface area contributed by atoms with E-state index in [0.29, 0.717) is 38.7 Å². The van der Waals surface area contributed by atoms with Crippen LogP contribution in [0.2, 0.25) is 0 Å². The molecule has 0 unspecified atom stereocenters. The first kappa shape index (κ1) is 16.1. The number of carbonyl (C=O) groups is 1. The Morgan fingerprint density at radius 2 is 2.26 bits per heavy atom.